The maximum Gasteiger partial charge on any atom is 0.358 e. The molecule has 0 aliphatic carbocycles. The van der Waals surface area contributed by atoms with Gasteiger partial charge in [-0.05, 0) is 13.8 Å². The Labute approximate surface area is 81.9 Å². The lowest BCUT2D eigenvalue weighted by Gasteiger charge is -2.26. The second kappa shape index (κ2) is 5.02. The van der Waals surface area contributed by atoms with E-state index in [1.54, 1.807) is 14.1 Å². The Kier molecular flexibility index (Phi) is 5.01. The van der Waals surface area contributed by atoms with Gasteiger partial charge in [0.15, 0.2) is 0 Å². The molecule has 0 fully saturated rings. The smallest absolute Gasteiger partial charge is 0.314 e. The normalized spacial score (nSPS) is 15.4. The van der Waals surface area contributed by atoms with Gasteiger partial charge in [0.25, 0.3) is 0 Å². The van der Waals surface area contributed by atoms with Crippen LogP contribution >= 0.6 is 0 Å². The largest absolute Gasteiger partial charge is 0.358 e. The van der Waals surface area contributed by atoms with Crippen LogP contribution in [-0.4, -0.2) is 56.1 Å². The van der Waals surface area contributed by atoms with Crippen molar-refractivity contribution >= 4 is 11.3 Å². The van der Waals surface area contributed by atoms with E-state index >= 15 is 0 Å². The molecule has 0 aliphatic rings. The van der Waals surface area contributed by atoms with E-state index in [0.717, 1.165) is 5.06 Å². The lowest BCUT2D eigenvalue weighted by atomic mass is 10.4. The number of quaternary nitrogens is 1. The summed E-state index contributed by atoms with van der Waals surface area (Å²) in [4.78, 5) is 0. The molecule has 0 aromatic rings. The topological polar surface area (TPSA) is 60.8 Å². The maximum absolute atomic E-state index is 10.8. The zero-order chi connectivity index (χ0) is 10.6. The summed E-state index contributed by atoms with van der Waals surface area (Å²) in [6, 6.07) is 0.0344. The van der Waals surface area contributed by atoms with Gasteiger partial charge >= 0.3 is 11.3 Å². The molecule has 13 heavy (non-hydrogen) atoms. The van der Waals surface area contributed by atoms with Crippen molar-refractivity contribution in [2.45, 2.75) is 19.9 Å². The molecule has 80 valence electrons. The molecule has 0 radical (unpaired) electrons. The Bertz CT molecular complexity index is 185. The summed E-state index contributed by atoms with van der Waals surface area (Å²) in [7, 11) is 3.29. The van der Waals surface area contributed by atoms with Crippen molar-refractivity contribution in [2.75, 3.05) is 27.2 Å². The molecule has 5 nitrogen and oxygen atoms in total. The Hall–Kier alpha value is -0.0100. The zero-order valence-corrected chi connectivity index (χ0v) is 9.41. The third-order valence-electron chi connectivity index (χ3n) is 1.89. The number of likely N-dealkylation sites (N-methyl/N-ethyl adjacent to an activating group) is 1. The van der Waals surface area contributed by atoms with E-state index in [1.165, 1.54) is 0 Å². The molecule has 0 aromatic carbocycles. The summed E-state index contributed by atoms with van der Waals surface area (Å²) in [5, 5.41) is 10.5. The molecular formula is C7H19N2O3S+. The fourth-order valence-corrected chi connectivity index (χ4v) is 0.917. The highest BCUT2D eigenvalue weighted by molar-refractivity contribution is 7.73. The van der Waals surface area contributed by atoms with Gasteiger partial charge < -0.3 is 5.21 Å². The Balaban J connectivity index is 3.95. The first kappa shape index (κ1) is 13.0. The van der Waals surface area contributed by atoms with Crippen LogP contribution in [0.4, 0.5) is 0 Å². The van der Waals surface area contributed by atoms with Crippen LogP contribution in [0, 0.1) is 0 Å². The molecule has 0 bridgehead atoms. The van der Waals surface area contributed by atoms with Crippen molar-refractivity contribution < 1.29 is 17.9 Å². The Morgan fingerprint density at radius 2 is 1.92 bits per heavy atom. The lowest BCUT2D eigenvalue weighted by molar-refractivity contribution is -0.762. The molecule has 1 unspecified atom stereocenters. The summed E-state index contributed by atoms with van der Waals surface area (Å²) < 4.78 is 19.6. The van der Waals surface area contributed by atoms with Crippen LogP contribution in [0.15, 0.2) is 0 Å². The minimum absolute atomic E-state index is 0.0240. The molecule has 0 amide bonds. The van der Waals surface area contributed by atoms with Crippen LogP contribution < -0.4 is 0 Å². The van der Waals surface area contributed by atoms with Crippen molar-refractivity contribution in [1.29, 1.82) is 0 Å². The average molecular weight is 211 g/mol. The molecule has 0 aliphatic heterocycles. The first-order chi connectivity index (χ1) is 5.77. The summed E-state index contributed by atoms with van der Waals surface area (Å²) in [5.41, 5.74) is 0. The van der Waals surface area contributed by atoms with E-state index in [9.17, 15) is 9.42 Å². The number of hydrogen-bond donors (Lipinski definition) is 2. The quantitative estimate of drug-likeness (QED) is 0.390. The predicted molar refractivity (Wildman–Crippen MR) is 51.4 cm³/mol. The fraction of sp³-hybridized carbons (Fsp3) is 1.00. The highest BCUT2D eigenvalue weighted by Crippen LogP contribution is 2.02. The second-order valence-corrected chi connectivity index (χ2v) is 5.24. The van der Waals surface area contributed by atoms with E-state index in [1.807, 2.05) is 13.8 Å². The first-order valence-corrected chi connectivity index (χ1v) is 5.24. The summed E-state index contributed by atoms with van der Waals surface area (Å²) in [6.45, 7) is 4.53. The van der Waals surface area contributed by atoms with Crippen LogP contribution in [0.1, 0.15) is 13.8 Å². The van der Waals surface area contributed by atoms with E-state index in [4.69, 9.17) is 4.55 Å². The molecule has 0 aromatic heterocycles. The fourth-order valence-electron chi connectivity index (χ4n) is 0.680. The van der Waals surface area contributed by atoms with E-state index in [2.05, 4.69) is 0 Å². The molecule has 0 saturated heterocycles. The second-order valence-electron chi connectivity index (χ2n) is 3.79. The monoisotopic (exact) mass is 211 g/mol. The number of hydrogen-bond acceptors (Lipinski definition) is 3. The van der Waals surface area contributed by atoms with Crippen molar-refractivity contribution in [1.82, 2.24) is 5.06 Å². The van der Waals surface area contributed by atoms with Gasteiger partial charge in [-0.25, -0.2) is 3.89 Å². The maximum atomic E-state index is 10.8. The van der Waals surface area contributed by atoms with Gasteiger partial charge in [0, 0.05) is 6.04 Å². The van der Waals surface area contributed by atoms with E-state index in [0.29, 0.717) is 13.1 Å². The average Bonchev–Trinajstić information content (AvgIpc) is 1.99. The van der Waals surface area contributed by atoms with Gasteiger partial charge in [-0.3, -0.25) is 4.55 Å². The zero-order valence-electron chi connectivity index (χ0n) is 8.60. The number of rotatable bonds is 5. The number of hydroxylamine groups is 2. The van der Waals surface area contributed by atoms with Crippen molar-refractivity contribution in [3.63, 3.8) is 0 Å². The molecule has 0 rings (SSSR count). The van der Waals surface area contributed by atoms with Crippen LogP contribution in [0.5, 0.6) is 0 Å². The van der Waals surface area contributed by atoms with Crippen LogP contribution in [-0.2, 0) is 11.3 Å². The molecule has 0 saturated carbocycles. The minimum atomic E-state index is -1.91. The molecule has 0 heterocycles. The van der Waals surface area contributed by atoms with Gasteiger partial charge in [-0.15, -0.1) is 0 Å². The van der Waals surface area contributed by atoms with Crippen LogP contribution in [0.3, 0.4) is 0 Å². The van der Waals surface area contributed by atoms with Crippen LogP contribution in [0.25, 0.3) is 0 Å². The summed E-state index contributed by atoms with van der Waals surface area (Å²) in [6.07, 6.45) is 0. The summed E-state index contributed by atoms with van der Waals surface area (Å²) >= 11 is -1.91. The lowest BCUT2D eigenvalue weighted by Crippen LogP contribution is -2.46. The van der Waals surface area contributed by atoms with Gasteiger partial charge in [-0.1, -0.05) is 0 Å². The Morgan fingerprint density at radius 1 is 1.46 bits per heavy atom. The van der Waals surface area contributed by atoms with Crippen LogP contribution in [0.2, 0.25) is 0 Å². The predicted octanol–water partition coefficient (Wildman–Crippen LogP) is 0.299. The molecule has 6 heteroatoms. The third kappa shape index (κ3) is 4.68. The van der Waals surface area contributed by atoms with E-state index in [-0.39, 0.29) is 9.93 Å². The Morgan fingerprint density at radius 3 is 2.23 bits per heavy atom. The molecule has 0 spiro atoms. The summed E-state index contributed by atoms with van der Waals surface area (Å²) in [5.74, 6) is 0. The van der Waals surface area contributed by atoms with Crippen molar-refractivity contribution in [3.05, 3.63) is 0 Å². The molecular weight excluding hydrogens is 192 g/mol. The van der Waals surface area contributed by atoms with Gasteiger partial charge in [-0.2, -0.15) is 9.27 Å². The third-order valence-corrected chi connectivity index (χ3v) is 2.91. The van der Waals surface area contributed by atoms with Crippen molar-refractivity contribution in [3.8, 4) is 0 Å². The number of nitrogens with zero attached hydrogens (tertiary/aromatic N) is 2. The molecule has 2 N–H and O–H groups in total. The first-order valence-electron chi connectivity index (χ1n) is 4.17. The van der Waals surface area contributed by atoms with Gasteiger partial charge in [0.2, 0.25) is 0 Å². The van der Waals surface area contributed by atoms with Gasteiger partial charge in [0.05, 0.1) is 20.6 Å². The van der Waals surface area contributed by atoms with Gasteiger partial charge in [0.1, 0.15) is 6.54 Å². The van der Waals surface area contributed by atoms with E-state index < -0.39 is 11.3 Å². The highest BCUT2D eigenvalue weighted by atomic mass is 32.2. The minimum Gasteiger partial charge on any atom is -0.314 e. The highest BCUT2D eigenvalue weighted by Gasteiger charge is 2.24. The SMILES string of the molecule is CC(C)N(O)CC[N+](C)(C)S(=O)O. The molecule has 1 atom stereocenters. The standard InChI is InChI=1S/C7H18N2O3S/c1-7(2)8(10)5-6-9(3,4)13(11)12/h7,10H,5-6H2,1-4H3/p+1. The van der Waals surface area contributed by atoms with Crippen molar-refractivity contribution in [2.24, 2.45) is 0 Å².